The van der Waals surface area contributed by atoms with Crippen molar-refractivity contribution >= 4 is 21.7 Å². The van der Waals surface area contributed by atoms with Gasteiger partial charge in [-0.3, -0.25) is 4.72 Å². The fraction of sp³-hybridized carbons (Fsp3) is 0.278. The number of aryl methyl sites for hydroxylation is 2. The minimum Gasteiger partial charge on any atom is -0.495 e. The van der Waals surface area contributed by atoms with Crippen LogP contribution in [0.5, 0.6) is 5.75 Å². The summed E-state index contributed by atoms with van der Waals surface area (Å²) in [5.41, 5.74) is 0.921. The zero-order valence-corrected chi connectivity index (χ0v) is 15.5. The molecule has 2 aromatic rings. The largest absolute Gasteiger partial charge is 0.495 e. The smallest absolute Gasteiger partial charge is 0.341 e. The molecule has 0 aromatic heterocycles. The maximum absolute atomic E-state index is 13.1. The van der Waals surface area contributed by atoms with Gasteiger partial charge >= 0.3 is 5.97 Å². The molecular weight excluding hydrogens is 361 g/mol. The van der Waals surface area contributed by atoms with Crippen molar-refractivity contribution in [3.05, 3.63) is 52.8 Å². The summed E-state index contributed by atoms with van der Waals surface area (Å²) < 4.78 is 45.9. The molecule has 0 bridgehead atoms. The van der Waals surface area contributed by atoms with E-state index in [0.717, 1.165) is 24.3 Å². The highest BCUT2D eigenvalue weighted by Gasteiger charge is 2.26. The number of halogens is 1. The molecule has 0 amide bonds. The minimum absolute atomic E-state index is 0.0432. The van der Waals surface area contributed by atoms with Crippen LogP contribution in [0, 0.1) is 5.82 Å². The Kier molecular flexibility index (Phi) is 5.86. The van der Waals surface area contributed by atoms with Crippen LogP contribution in [0.25, 0.3) is 0 Å². The van der Waals surface area contributed by atoms with Crippen molar-refractivity contribution in [2.45, 2.75) is 31.6 Å². The number of ether oxygens (including phenoxy) is 1. The number of benzene rings is 2. The molecule has 6 nitrogen and oxygen atoms in total. The molecule has 0 saturated carbocycles. The van der Waals surface area contributed by atoms with Gasteiger partial charge in [-0.2, -0.15) is 0 Å². The summed E-state index contributed by atoms with van der Waals surface area (Å²) in [6, 6.07) is 6.00. The number of methoxy groups -OCH3 is 1. The first kappa shape index (κ1) is 19.7. The average Bonchev–Trinajstić information content (AvgIpc) is 2.60. The predicted octanol–water partition coefficient (Wildman–Crippen LogP) is 3.46. The van der Waals surface area contributed by atoms with Crippen molar-refractivity contribution in [3.8, 4) is 5.75 Å². The van der Waals surface area contributed by atoms with E-state index in [1.807, 2.05) is 6.92 Å². The van der Waals surface area contributed by atoms with Gasteiger partial charge in [-0.25, -0.2) is 17.6 Å². The number of carboxylic acid groups (broad SMARTS) is 1. The normalized spacial score (nSPS) is 11.2. The van der Waals surface area contributed by atoms with E-state index in [-0.39, 0.29) is 21.9 Å². The monoisotopic (exact) mass is 381 g/mol. The molecule has 0 fully saturated rings. The second-order valence-electron chi connectivity index (χ2n) is 5.55. The summed E-state index contributed by atoms with van der Waals surface area (Å²) in [5.74, 6) is -1.75. The molecule has 2 aromatic carbocycles. The van der Waals surface area contributed by atoms with Crippen LogP contribution in [0.4, 0.5) is 10.1 Å². The Hall–Kier alpha value is -2.61. The summed E-state index contributed by atoms with van der Waals surface area (Å²) in [6.45, 7) is 3.65. The van der Waals surface area contributed by atoms with Crippen molar-refractivity contribution in [3.63, 3.8) is 0 Å². The van der Waals surface area contributed by atoms with Crippen LogP contribution in [0.2, 0.25) is 0 Å². The van der Waals surface area contributed by atoms with Gasteiger partial charge in [0.05, 0.1) is 17.7 Å². The molecule has 0 radical (unpaired) electrons. The van der Waals surface area contributed by atoms with E-state index in [4.69, 9.17) is 4.74 Å². The van der Waals surface area contributed by atoms with Crippen molar-refractivity contribution in [1.29, 1.82) is 0 Å². The van der Waals surface area contributed by atoms with Crippen LogP contribution < -0.4 is 9.46 Å². The van der Waals surface area contributed by atoms with Gasteiger partial charge in [0.15, 0.2) is 0 Å². The van der Waals surface area contributed by atoms with E-state index in [1.165, 1.54) is 7.11 Å². The van der Waals surface area contributed by atoms with Gasteiger partial charge in [-0.15, -0.1) is 0 Å². The highest BCUT2D eigenvalue weighted by molar-refractivity contribution is 7.92. The van der Waals surface area contributed by atoms with E-state index in [9.17, 15) is 22.7 Å². The highest BCUT2D eigenvalue weighted by atomic mass is 32.2. The van der Waals surface area contributed by atoms with E-state index in [1.54, 1.807) is 13.0 Å². The Bertz CT molecular complexity index is 924. The molecule has 0 heterocycles. The highest BCUT2D eigenvalue weighted by Crippen LogP contribution is 2.36. The van der Waals surface area contributed by atoms with E-state index in [0.29, 0.717) is 24.0 Å². The topological polar surface area (TPSA) is 92.7 Å². The molecule has 0 atom stereocenters. The average molecular weight is 381 g/mol. The number of sulfonamides is 1. The first-order valence-electron chi connectivity index (χ1n) is 7.99. The van der Waals surface area contributed by atoms with Crippen molar-refractivity contribution in [2.75, 3.05) is 11.8 Å². The van der Waals surface area contributed by atoms with Gasteiger partial charge in [0, 0.05) is 0 Å². The second kappa shape index (κ2) is 7.74. The Morgan fingerprint density at radius 1 is 1.15 bits per heavy atom. The van der Waals surface area contributed by atoms with Crippen LogP contribution in [0.3, 0.4) is 0 Å². The Morgan fingerprint density at radius 2 is 1.73 bits per heavy atom. The van der Waals surface area contributed by atoms with Crippen LogP contribution in [-0.2, 0) is 22.9 Å². The quantitative estimate of drug-likeness (QED) is 0.766. The number of anilines is 1. The zero-order chi connectivity index (χ0) is 19.5. The lowest BCUT2D eigenvalue weighted by Crippen LogP contribution is -2.18. The third kappa shape index (κ3) is 3.80. The van der Waals surface area contributed by atoms with Gasteiger partial charge < -0.3 is 9.84 Å². The number of hydrogen-bond acceptors (Lipinski definition) is 4. The molecule has 8 heteroatoms. The second-order valence-corrected chi connectivity index (χ2v) is 7.23. The minimum atomic E-state index is -4.10. The number of aromatic carboxylic acids is 1. The van der Waals surface area contributed by atoms with Crippen molar-refractivity contribution in [2.24, 2.45) is 0 Å². The first-order valence-corrected chi connectivity index (χ1v) is 9.47. The van der Waals surface area contributed by atoms with Crippen LogP contribution in [-0.4, -0.2) is 26.6 Å². The van der Waals surface area contributed by atoms with Gasteiger partial charge in [-0.1, -0.05) is 19.9 Å². The van der Waals surface area contributed by atoms with E-state index >= 15 is 0 Å². The third-order valence-electron chi connectivity index (χ3n) is 3.98. The van der Waals surface area contributed by atoms with Crippen LogP contribution in [0.15, 0.2) is 35.2 Å². The fourth-order valence-electron chi connectivity index (χ4n) is 2.68. The lowest BCUT2D eigenvalue weighted by molar-refractivity contribution is 0.0694. The molecule has 0 aliphatic heterocycles. The molecular formula is C18H20FNO5S. The number of hydrogen-bond donors (Lipinski definition) is 2. The molecule has 0 spiro atoms. The van der Waals surface area contributed by atoms with Crippen molar-refractivity contribution < 1.29 is 27.4 Å². The van der Waals surface area contributed by atoms with Crippen molar-refractivity contribution in [1.82, 2.24) is 0 Å². The number of carboxylic acids is 1. The molecule has 2 N–H and O–H groups in total. The lowest BCUT2D eigenvalue weighted by atomic mass is 9.98. The standard InChI is InChI=1S/C18H20FNO5S/c1-4-11-10-12(5-2)17(25-3)15(18(21)22)16(11)20-26(23,24)14-8-6-13(19)7-9-14/h6-10,20H,4-5H2,1-3H3,(H,21,22). The van der Waals surface area contributed by atoms with Crippen LogP contribution in [0.1, 0.15) is 35.3 Å². The Balaban J connectivity index is 2.67. The predicted molar refractivity (Wildman–Crippen MR) is 95.9 cm³/mol. The molecule has 2 rings (SSSR count). The maximum atomic E-state index is 13.1. The third-order valence-corrected chi connectivity index (χ3v) is 5.34. The van der Waals surface area contributed by atoms with Gasteiger partial charge in [-0.05, 0) is 48.2 Å². The SMILES string of the molecule is CCc1cc(CC)c(OC)c(C(=O)O)c1NS(=O)(=O)c1ccc(F)cc1. The summed E-state index contributed by atoms with van der Waals surface area (Å²) in [4.78, 5) is 11.7. The van der Waals surface area contributed by atoms with E-state index < -0.39 is 21.8 Å². The van der Waals surface area contributed by atoms with Gasteiger partial charge in [0.25, 0.3) is 10.0 Å². The summed E-state index contributed by atoms with van der Waals surface area (Å²) >= 11 is 0. The van der Waals surface area contributed by atoms with Crippen LogP contribution >= 0.6 is 0 Å². The zero-order valence-electron chi connectivity index (χ0n) is 14.7. The maximum Gasteiger partial charge on any atom is 0.341 e. The van der Waals surface area contributed by atoms with Gasteiger partial charge in [0.2, 0.25) is 0 Å². The van der Waals surface area contributed by atoms with E-state index in [2.05, 4.69) is 4.72 Å². The molecule has 26 heavy (non-hydrogen) atoms. The Morgan fingerprint density at radius 3 is 2.19 bits per heavy atom. The molecule has 0 saturated heterocycles. The molecule has 0 aliphatic rings. The summed E-state index contributed by atoms with van der Waals surface area (Å²) in [7, 11) is -2.76. The number of rotatable bonds is 7. The number of carbonyl (C=O) groups is 1. The molecule has 0 unspecified atom stereocenters. The summed E-state index contributed by atoms with van der Waals surface area (Å²) in [6.07, 6.45) is 0.944. The van der Waals surface area contributed by atoms with Gasteiger partial charge in [0.1, 0.15) is 17.1 Å². The first-order chi connectivity index (χ1) is 12.2. The molecule has 0 aliphatic carbocycles. The lowest BCUT2D eigenvalue weighted by Gasteiger charge is -2.19. The summed E-state index contributed by atoms with van der Waals surface area (Å²) in [5, 5.41) is 9.66. The Labute approximate surface area is 151 Å². The fourth-order valence-corrected chi connectivity index (χ4v) is 3.80. The molecule has 140 valence electrons. The number of nitrogens with one attached hydrogen (secondary N) is 1.